The summed E-state index contributed by atoms with van der Waals surface area (Å²) in [4.78, 5) is 24.1. The van der Waals surface area contributed by atoms with Gasteiger partial charge in [-0.2, -0.15) is 4.31 Å². The number of ether oxygens (including phenoxy) is 2. The molecule has 0 aliphatic carbocycles. The minimum Gasteiger partial charge on any atom is -0.452 e. The van der Waals surface area contributed by atoms with Crippen molar-refractivity contribution in [2.75, 3.05) is 38.2 Å². The van der Waals surface area contributed by atoms with Crippen molar-refractivity contribution in [3.05, 3.63) is 59.1 Å². The molecule has 1 heterocycles. The highest BCUT2D eigenvalue weighted by atomic mass is 35.5. The summed E-state index contributed by atoms with van der Waals surface area (Å²) in [5.74, 6) is -1.27. The lowest BCUT2D eigenvalue weighted by Gasteiger charge is -2.26. The van der Waals surface area contributed by atoms with Crippen LogP contribution in [0.3, 0.4) is 0 Å². The number of anilines is 1. The fourth-order valence-corrected chi connectivity index (χ4v) is 4.30. The highest BCUT2D eigenvalue weighted by Crippen LogP contribution is 2.20. The molecule has 0 unspecified atom stereocenters. The molecule has 29 heavy (non-hydrogen) atoms. The highest BCUT2D eigenvalue weighted by Gasteiger charge is 2.26. The van der Waals surface area contributed by atoms with Gasteiger partial charge in [-0.1, -0.05) is 23.7 Å². The minimum absolute atomic E-state index is 0.127. The number of esters is 1. The van der Waals surface area contributed by atoms with E-state index in [1.165, 1.54) is 34.6 Å². The number of nitrogens with one attached hydrogen (secondary N) is 1. The standard InChI is InChI=1S/C19H19ClN2O6S/c20-17-4-2-1-3-16(17)19(24)28-13-18(23)21-14-5-7-15(8-6-14)29(25,26)22-9-11-27-12-10-22/h1-8H,9-13H2,(H,21,23). The fraction of sp³-hybridized carbons (Fsp3) is 0.263. The summed E-state index contributed by atoms with van der Waals surface area (Å²) >= 11 is 5.91. The van der Waals surface area contributed by atoms with Gasteiger partial charge in [0.15, 0.2) is 6.61 Å². The maximum atomic E-state index is 12.6. The van der Waals surface area contributed by atoms with E-state index in [2.05, 4.69) is 5.32 Å². The molecule has 10 heteroatoms. The van der Waals surface area contributed by atoms with Crippen LogP contribution in [0.4, 0.5) is 5.69 Å². The smallest absolute Gasteiger partial charge is 0.340 e. The molecule has 0 spiro atoms. The van der Waals surface area contributed by atoms with Crippen LogP contribution in [0.15, 0.2) is 53.4 Å². The number of hydrogen-bond acceptors (Lipinski definition) is 6. The van der Waals surface area contributed by atoms with E-state index >= 15 is 0 Å². The molecule has 1 saturated heterocycles. The number of sulfonamides is 1. The molecule has 0 aromatic heterocycles. The Morgan fingerprint density at radius 2 is 1.72 bits per heavy atom. The van der Waals surface area contributed by atoms with E-state index in [0.29, 0.717) is 32.0 Å². The molecule has 0 atom stereocenters. The number of benzene rings is 2. The van der Waals surface area contributed by atoms with E-state index in [9.17, 15) is 18.0 Å². The monoisotopic (exact) mass is 438 g/mol. The Morgan fingerprint density at radius 3 is 2.38 bits per heavy atom. The van der Waals surface area contributed by atoms with Crippen LogP contribution >= 0.6 is 11.6 Å². The molecular formula is C19H19ClN2O6S. The minimum atomic E-state index is -3.60. The Kier molecular flexibility index (Phi) is 6.86. The zero-order chi connectivity index (χ0) is 20.9. The lowest BCUT2D eigenvalue weighted by Crippen LogP contribution is -2.40. The predicted octanol–water partition coefficient (Wildman–Crippen LogP) is 2.16. The highest BCUT2D eigenvalue weighted by molar-refractivity contribution is 7.89. The maximum absolute atomic E-state index is 12.6. The third-order valence-corrected chi connectivity index (χ3v) is 6.42. The molecule has 1 N–H and O–H groups in total. The molecule has 1 aliphatic rings. The van der Waals surface area contributed by atoms with Gasteiger partial charge in [-0.15, -0.1) is 0 Å². The fourth-order valence-electron chi connectivity index (χ4n) is 2.68. The van der Waals surface area contributed by atoms with E-state index in [1.54, 1.807) is 18.2 Å². The summed E-state index contributed by atoms with van der Waals surface area (Å²) in [7, 11) is -3.60. The van der Waals surface area contributed by atoms with Crippen LogP contribution in [-0.4, -0.2) is 57.5 Å². The second-order valence-electron chi connectivity index (χ2n) is 6.14. The quantitative estimate of drug-likeness (QED) is 0.693. The molecular weight excluding hydrogens is 420 g/mol. The van der Waals surface area contributed by atoms with Crippen LogP contribution in [0.2, 0.25) is 5.02 Å². The SMILES string of the molecule is O=C(COC(=O)c1ccccc1Cl)Nc1ccc(S(=O)(=O)N2CCOCC2)cc1. The topological polar surface area (TPSA) is 102 Å². The number of rotatable bonds is 6. The van der Waals surface area contributed by atoms with E-state index in [1.807, 2.05) is 0 Å². The van der Waals surface area contributed by atoms with Crippen molar-refractivity contribution < 1.29 is 27.5 Å². The number of morpholine rings is 1. The van der Waals surface area contributed by atoms with Gasteiger partial charge < -0.3 is 14.8 Å². The maximum Gasteiger partial charge on any atom is 0.340 e. The third kappa shape index (κ3) is 5.33. The Bertz CT molecular complexity index is 988. The number of carbonyl (C=O) groups is 2. The van der Waals surface area contributed by atoms with Crippen molar-refractivity contribution in [3.8, 4) is 0 Å². The Labute approximate surface area is 173 Å². The molecule has 0 bridgehead atoms. The number of carbonyl (C=O) groups excluding carboxylic acids is 2. The summed E-state index contributed by atoms with van der Waals surface area (Å²) in [6, 6.07) is 12.1. The van der Waals surface area contributed by atoms with Crippen molar-refractivity contribution >= 4 is 39.2 Å². The molecule has 1 fully saturated rings. The first-order chi connectivity index (χ1) is 13.9. The molecule has 3 rings (SSSR count). The molecule has 0 saturated carbocycles. The summed E-state index contributed by atoms with van der Waals surface area (Å²) in [5.41, 5.74) is 0.546. The third-order valence-electron chi connectivity index (χ3n) is 4.17. The second-order valence-corrected chi connectivity index (χ2v) is 8.49. The van der Waals surface area contributed by atoms with Gasteiger partial charge in [-0.3, -0.25) is 4.79 Å². The van der Waals surface area contributed by atoms with Gasteiger partial charge in [-0.25, -0.2) is 13.2 Å². The van der Waals surface area contributed by atoms with E-state index in [4.69, 9.17) is 21.1 Å². The summed E-state index contributed by atoms with van der Waals surface area (Å²) in [6.07, 6.45) is 0. The molecule has 1 aliphatic heterocycles. The van der Waals surface area contributed by atoms with E-state index in [-0.39, 0.29) is 15.5 Å². The van der Waals surface area contributed by atoms with Crippen LogP contribution in [0.1, 0.15) is 10.4 Å². The first-order valence-electron chi connectivity index (χ1n) is 8.77. The van der Waals surface area contributed by atoms with Crippen molar-refractivity contribution in [1.29, 1.82) is 0 Å². The van der Waals surface area contributed by atoms with Gasteiger partial charge in [-0.05, 0) is 36.4 Å². The van der Waals surface area contributed by atoms with Crippen molar-refractivity contribution in [2.45, 2.75) is 4.90 Å². The first kappa shape index (κ1) is 21.3. The van der Waals surface area contributed by atoms with Gasteiger partial charge >= 0.3 is 5.97 Å². The number of halogens is 1. The van der Waals surface area contributed by atoms with Crippen molar-refractivity contribution in [2.24, 2.45) is 0 Å². The van der Waals surface area contributed by atoms with Crippen LogP contribution in [0.5, 0.6) is 0 Å². The lowest BCUT2D eigenvalue weighted by molar-refractivity contribution is -0.119. The van der Waals surface area contributed by atoms with Gasteiger partial charge in [0, 0.05) is 18.8 Å². The summed E-state index contributed by atoms with van der Waals surface area (Å²) in [6.45, 7) is 0.827. The lowest BCUT2D eigenvalue weighted by atomic mass is 10.2. The normalized spacial score (nSPS) is 14.9. The number of hydrogen-bond donors (Lipinski definition) is 1. The van der Waals surface area contributed by atoms with Gasteiger partial charge in [0.2, 0.25) is 10.0 Å². The van der Waals surface area contributed by atoms with Crippen LogP contribution in [-0.2, 0) is 24.3 Å². The average molecular weight is 439 g/mol. The Morgan fingerprint density at radius 1 is 1.07 bits per heavy atom. The molecule has 2 aromatic carbocycles. The molecule has 1 amide bonds. The largest absolute Gasteiger partial charge is 0.452 e. The summed E-state index contributed by atoms with van der Waals surface area (Å²) < 4.78 is 36.6. The van der Waals surface area contributed by atoms with Crippen molar-refractivity contribution in [3.63, 3.8) is 0 Å². The first-order valence-corrected chi connectivity index (χ1v) is 10.6. The Balaban J connectivity index is 1.56. The molecule has 8 nitrogen and oxygen atoms in total. The van der Waals surface area contributed by atoms with E-state index < -0.39 is 28.5 Å². The van der Waals surface area contributed by atoms with Gasteiger partial charge in [0.25, 0.3) is 5.91 Å². The van der Waals surface area contributed by atoms with Crippen molar-refractivity contribution in [1.82, 2.24) is 4.31 Å². The number of amides is 1. The van der Waals surface area contributed by atoms with Gasteiger partial charge in [0.05, 0.1) is 28.7 Å². The van der Waals surface area contributed by atoms with Crippen LogP contribution in [0, 0.1) is 0 Å². The van der Waals surface area contributed by atoms with E-state index in [0.717, 1.165) is 0 Å². The number of nitrogens with zero attached hydrogens (tertiary/aromatic N) is 1. The van der Waals surface area contributed by atoms with Crippen LogP contribution < -0.4 is 5.32 Å². The zero-order valence-corrected chi connectivity index (χ0v) is 16.9. The van der Waals surface area contributed by atoms with Gasteiger partial charge in [0.1, 0.15) is 0 Å². The average Bonchev–Trinajstić information content (AvgIpc) is 2.73. The molecule has 2 aromatic rings. The Hall–Kier alpha value is -2.46. The molecule has 0 radical (unpaired) electrons. The second kappa shape index (κ2) is 9.36. The van der Waals surface area contributed by atoms with Crippen LogP contribution in [0.25, 0.3) is 0 Å². The molecule has 154 valence electrons. The summed E-state index contributed by atoms with van der Waals surface area (Å²) in [5, 5.41) is 2.78. The zero-order valence-electron chi connectivity index (χ0n) is 15.3. The predicted molar refractivity (Wildman–Crippen MR) is 106 cm³/mol.